The van der Waals surface area contributed by atoms with Crippen LogP contribution >= 0.6 is 0 Å². The molecule has 5 nitrogen and oxygen atoms in total. The van der Waals surface area contributed by atoms with E-state index in [4.69, 9.17) is 9.47 Å². The summed E-state index contributed by atoms with van der Waals surface area (Å²) in [7, 11) is 4.85. The molecule has 24 heavy (non-hydrogen) atoms. The number of pyridine rings is 1. The van der Waals surface area contributed by atoms with Gasteiger partial charge < -0.3 is 19.1 Å². The van der Waals surface area contributed by atoms with Gasteiger partial charge in [-0.3, -0.25) is 4.79 Å². The van der Waals surface area contributed by atoms with Crippen molar-refractivity contribution < 1.29 is 14.6 Å². The van der Waals surface area contributed by atoms with Gasteiger partial charge in [0.05, 0.1) is 25.3 Å². The second-order valence-corrected chi connectivity index (χ2v) is 5.57. The number of fused-ring (bicyclic) bond motifs is 1. The summed E-state index contributed by atoms with van der Waals surface area (Å²) in [4.78, 5) is 12.6. The van der Waals surface area contributed by atoms with Crippen molar-refractivity contribution in [3.8, 4) is 17.2 Å². The zero-order valence-electron chi connectivity index (χ0n) is 13.9. The molecule has 2 aromatic carbocycles. The lowest BCUT2D eigenvalue weighted by Gasteiger charge is -2.13. The number of aromatic hydroxyl groups is 1. The highest BCUT2D eigenvalue weighted by atomic mass is 16.5. The van der Waals surface area contributed by atoms with Gasteiger partial charge in [0, 0.05) is 18.9 Å². The first kappa shape index (κ1) is 15.9. The van der Waals surface area contributed by atoms with Crippen LogP contribution in [0.5, 0.6) is 17.2 Å². The minimum absolute atomic E-state index is 0.0310. The van der Waals surface area contributed by atoms with Crippen molar-refractivity contribution in [3.05, 3.63) is 63.9 Å². The fraction of sp³-hybridized carbons (Fsp3) is 0.211. The standard InChI is InChI=1S/C19H19NO4/c1-20-15-7-5-4-6-13(15)18(21)14(19(20)22)10-12-8-9-16(23-2)17(11-12)24-3/h4-9,11,21H,10H2,1-3H3. The molecule has 1 aromatic heterocycles. The molecule has 3 aromatic rings. The molecule has 0 atom stereocenters. The van der Waals surface area contributed by atoms with Crippen LogP contribution in [0.15, 0.2) is 47.3 Å². The summed E-state index contributed by atoms with van der Waals surface area (Å²) >= 11 is 0. The molecule has 0 aliphatic carbocycles. The second kappa shape index (κ2) is 6.28. The maximum Gasteiger partial charge on any atom is 0.258 e. The van der Waals surface area contributed by atoms with Crippen LogP contribution in [0.25, 0.3) is 10.9 Å². The third-order valence-corrected chi connectivity index (χ3v) is 4.20. The first-order valence-corrected chi connectivity index (χ1v) is 7.57. The largest absolute Gasteiger partial charge is 0.507 e. The Hall–Kier alpha value is -2.95. The van der Waals surface area contributed by atoms with Crippen LogP contribution in [0, 0.1) is 0 Å². The smallest absolute Gasteiger partial charge is 0.258 e. The van der Waals surface area contributed by atoms with Crippen LogP contribution < -0.4 is 15.0 Å². The lowest BCUT2D eigenvalue weighted by Crippen LogP contribution is -2.21. The lowest BCUT2D eigenvalue weighted by molar-refractivity contribution is 0.354. The maximum absolute atomic E-state index is 12.6. The molecule has 0 saturated carbocycles. The van der Waals surface area contributed by atoms with Gasteiger partial charge in [-0.2, -0.15) is 0 Å². The number of hydrogen-bond donors (Lipinski definition) is 1. The average Bonchev–Trinajstić information content (AvgIpc) is 2.63. The van der Waals surface area contributed by atoms with E-state index in [9.17, 15) is 9.90 Å². The summed E-state index contributed by atoms with van der Waals surface area (Å²) in [6.45, 7) is 0. The molecular weight excluding hydrogens is 306 g/mol. The molecule has 0 aliphatic heterocycles. The molecule has 0 spiro atoms. The van der Waals surface area contributed by atoms with E-state index in [2.05, 4.69) is 0 Å². The molecule has 124 valence electrons. The average molecular weight is 325 g/mol. The van der Waals surface area contributed by atoms with Crippen LogP contribution in [0.4, 0.5) is 0 Å². The van der Waals surface area contributed by atoms with Gasteiger partial charge in [-0.15, -0.1) is 0 Å². The highest BCUT2D eigenvalue weighted by molar-refractivity contribution is 5.86. The quantitative estimate of drug-likeness (QED) is 0.801. The Balaban J connectivity index is 2.13. The molecule has 0 radical (unpaired) electrons. The Bertz CT molecular complexity index is 959. The zero-order valence-corrected chi connectivity index (χ0v) is 13.9. The molecule has 1 N–H and O–H groups in total. The maximum atomic E-state index is 12.6. The Morgan fingerprint density at radius 3 is 2.46 bits per heavy atom. The fourth-order valence-corrected chi connectivity index (χ4v) is 2.90. The Labute approximate surface area is 139 Å². The topological polar surface area (TPSA) is 60.7 Å². The number of para-hydroxylation sites is 1. The van der Waals surface area contributed by atoms with E-state index >= 15 is 0 Å². The van der Waals surface area contributed by atoms with E-state index < -0.39 is 0 Å². The number of benzene rings is 2. The van der Waals surface area contributed by atoms with E-state index in [1.165, 1.54) is 0 Å². The van der Waals surface area contributed by atoms with Gasteiger partial charge in [-0.05, 0) is 29.8 Å². The van der Waals surface area contributed by atoms with Crippen LogP contribution in [0.3, 0.4) is 0 Å². The van der Waals surface area contributed by atoms with Crippen molar-refractivity contribution in [1.82, 2.24) is 4.57 Å². The number of methoxy groups -OCH3 is 2. The lowest BCUT2D eigenvalue weighted by atomic mass is 10.0. The Morgan fingerprint density at radius 2 is 1.75 bits per heavy atom. The number of aromatic nitrogens is 1. The molecule has 0 amide bonds. The van der Waals surface area contributed by atoms with Gasteiger partial charge >= 0.3 is 0 Å². The van der Waals surface area contributed by atoms with E-state index in [0.29, 0.717) is 34.4 Å². The first-order valence-electron chi connectivity index (χ1n) is 7.57. The van der Waals surface area contributed by atoms with Crippen LogP contribution in [0.1, 0.15) is 11.1 Å². The summed E-state index contributed by atoms with van der Waals surface area (Å²) in [5.74, 6) is 1.24. The minimum atomic E-state index is -0.207. The van der Waals surface area contributed by atoms with E-state index in [0.717, 1.165) is 5.56 Å². The second-order valence-electron chi connectivity index (χ2n) is 5.57. The molecule has 0 bridgehead atoms. The number of rotatable bonds is 4. The molecule has 5 heteroatoms. The summed E-state index contributed by atoms with van der Waals surface area (Å²) < 4.78 is 12.1. The molecule has 1 heterocycles. The number of aryl methyl sites for hydroxylation is 1. The monoisotopic (exact) mass is 325 g/mol. The molecule has 0 unspecified atom stereocenters. The van der Waals surface area contributed by atoms with E-state index in [1.807, 2.05) is 36.4 Å². The van der Waals surface area contributed by atoms with Crippen molar-refractivity contribution in [2.45, 2.75) is 6.42 Å². The first-order chi connectivity index (χ1) is 11.6. The van der Waals surface area contributed by atoms with Crippen molar-refractivity contribution in [3.63, 3.8) is 0 Å². The number of hydrogen-bond acceptors (Lipinski definition) is 4. The van der Waals surface area contributed by atoms with Gasteiger partial charge in [0.25, 0.3) is 5.56 Å². The van der Waals surface area contributed by atoms with Gasteiger partial charge in [0.2, 0.25) is 0 Å². The van der Waals surface area contributed by atoms with Crippen molar-refractivity contribution in [2.24, 2.45) is 7.05 Å². The van der Waals surface area contributed by atoms with Gasteiger partial charge in [-0.1, -0.05) is 18.2 Å². The predicted octanol–water partition coefficient (Wildman–Crippen LogP) is 2.85. The fourth-order valence-electron chi connectivity index (χ4n) is 2.90. The zero-order chi connectivity index (χ0) is 17.3. The molecular formula is C19H19NO4. The highest BCUT2D eigenvalue weighted by Crippen LogP contribution is 2.31. The van der Waals surface area contributed by atoms with Crippen LogP contribution in [-0.2, 0) is 13.5 Å². The highest BCUT2D eigenvalue weighted by Gasteiger charge is 2.15. The van der Waals surface area contributed by atoms with Crippen molar-refractivity contribution >= 4 is 10.9 Å². The number of nitrogens with zero attached hydrogens (tertiary/aromatic N) is 1. The van der Waals surface area contributed by atoms with E-state index in [-0.39, 0.29) is 11.3 Å². The third-order valence-electron chi connectivity index (χ3n) is 4.20. The number of ether oxygens (including phenoxy) is 2. The SMILES string of the molecule is COc1ccc(Cc2c(O)c3ccccc3n(C)c2=O)cc1OC. The summed E-state index contributed by atoms with van der Waals surface area (Å²) in [6.07, 6.45) is 0.309. The third kappa shape index (κ3) is 2.58. The molecule has 0 aliphatic rings. The summed E-state index contributed by atoms with van der Waals surface area (Å²) in [6, 6.07) is 12.8. The Morgan fingerprint density at radius 1 is 1.04 bits per heavy atom. The van der Waals surface area contributed by atoms with Gasteiger partial charge in [-0.25, -0.2) is 0 Å². The van der Waals surface area contributed by atoms with E-state index in [1.54, 1.807) is 31.9 Å². The van der Waals surface area contributed by atoms with Crippen LogP contribution in [0.2, 0.25) is 0 Å². The van der Waals surface area contributed by atoms with Crippen molar-refractivity contribution in [2.75, 3.05) is 14.2 Å². The minimum Gasteiger partial charge on any atom is -0.507 e. The van der Waals surface area contributed by atoms with Crippen molar-refractivity contribution in [1.29, 1.82) is 0 Å². The predicted molar refractivity (Wildman–Crippen MR) is 93.2 cm³/mol. The normalized spacial score (nSPS) is 10.8. The molecule has 0 fully saturated rings. The molecule has 0 saturated heterocycles. The Kier molecular flexibility index (Phi) is 4.16. The van der Waals surface area contributed by atoms with Gasteiger partial charge in [0.1, 0.15) is 5.75 Å². The summed E-state index contributed by atoms with van der Waals surface area (Å²) in [5, 5.41) is 11.2. The summed E-state index contributed by atoms with van der Waals surface area (Å²) in [5.41, 5.74) is 1.72. The molecule has 3 rings (SSSR count). The van der Waals surface area contributed by atoms with Crippen LogP contribution in [-0.4, -0.2) is 23.9 Å². The van der Waals surface area contributed by atoms with Gasteiger partial charge in [0.15, 0.2) is 11.5 Å².